The maximum atomic E-state index is 12.5. The number of carbonyl (C=O) groups is 1. The van der Waals surface area contributed by atoms with E-state index in [0.717, 1.165) is 25.1 Å². The van der Waals surface area contributed by atoms with Gasteiger partial charge in [-0.3, -0.25) is 4.79 Å². The van der Waals surface area contributed by atoms with E-state index >= 15 is 0 Å². The highest BCUT2D eigenvalue weighted by molar-refractivity contribution is 5.91. The fourth-order valence-corrected chi connectivity index (χ4v) is 3.94. The lowest BCUT2D eigenvalue weighted by Gasteiger charge is -2.23. The largest absolute Gasteiger partial charge is 0.310 e. The van der Waals surface area contributed by atoms with Gasteiger partial charge in [-0.05, 0) is 36.3 Å². The summed E-state index contributed by atoms with van der Waals surface area (Å²) >= 11 is 0. The zero-order chi connectivity index (χ0) is 19.2. The number of benzene rings is 1. The molecule has 5 heteroatoms. The van der Waals surface area contributed by atoms with Crippen molar-refractivity contribution < 1.29 is 4.79 Å². The molecule has 0 unspecified atom stereocenters. The van der Waals surface area contributed by atoms with Gasteiger partial charge in [0.1, 0.15) is 5.82 Å². The van der Waals surface area contributed by atoms with E-state index in [-0.39, 0.29) is 18.5 Å². The van der Waals surface area contributed by atoms with Crippen LogP contribution in [0.15, 0.2) is 36.5 Å². The van der Waals surface area contributed by atoms with Gasteiger partial charge >= 0.3 is 0 Å². The quantitative estimate of drug-likeness (QED) is 0.722. The van der Waals surface area contributed by atoms with Gasteiger partial charge in [0.05, 0.1) is 18.8 Å². The van der Waals surface area contributed by atoms with Gasteiger partial charge in [0.15, 0.2) is 0 Å². The minimum Gasteiger partial charge on any atom is -0.310 e. The van der Waals surface area contributed by atoms with Gasteiger partial charge in [-0.2, -0.15) is 5.10 Å². The van der Waals surface area contributed by atoms with Gasteiger partial charge in [-0.1, -0.05) is 57.9 Å². The van der Waals surface area contributed by atoms with Gasteiger partial charge in [-0.25, -0.2) is 4.68 Å². The second-order valence-corrected chi connectivity index (χ2v) is 7.85. The molecular formula is C22H32N4O. The summed E-state index contributed by atoms with van der Waals surface area (Å²) < 4.78 is 1.98. The molecule has 2 aromatic rings. The normalized spacial score (nSPS) is 16.0. The molecule has 0 spiro atoms. The molecule has 1 saturated carbocycles. The zero-order valence-corrected chi connectivity index (χ0v) is 16.7. The van der Waals surface area contributed by atoms with Crippen LogP contribution < -0.4 is 10.6 Å². The molecule has 1 heterocycles. The van der Waals surface area contributed by atoms with Crippen LogP contribution in [0.2, 0.25) is 0 Å². The number of hydrogen-bond acceptors (Lipinski definition) is 3. The smallest absolute Gasteiger partial charge is 0.239 e. The Morgan fingerprint density at radius 2 is 1.89 bits per heavy atom. The predicted octanol–water partition coefficient (Wildman–Crippen LogP) is 4.49. The Balaban J connectivity index is 1.59. The van der Waals surface area contributed by atoms with Crippen LogP contribution in [-0.4, -0.2) is 22.2 Å². The fourth-order valence-electron chi connectivity index (χ4n) is 3.94. The monoisotopic (exact) mass is 368 g/mol. The summed E-state index contributed by atoms with van der Waals surface area (Å²) in [5.41, 5.74) is 2.56. The number of nitrogens with zero attached hydrogens (tertiary/aromatic N) is 2. The molecule has 0 saturated heterocycles. The van der Waals surface area contributed by atoms with E-state index in [0.29, 0.717) is 12.0 Å². The molecular weight excluding hydrogens is 336 g/mol. The van der Waals surface area contributed by atoms with Gasteiger partial charge in [0, 0.05) is 12.1 Å². The van der Waals surface area contributed by atoms with Crippen LogP contribution in [0.1, 0.15) is 69.7 Å². The summed E-state index contributed by atoms with van der Waals surface area (Å²) in [7, 11) is 0. The maximum Gasteiger partial charge on any atom is 0.239 e. The Hall–Kier alpha value is -2.14. The molecule has 1 aromatic heterocycles. The molecule has 1 atom stereocenters. The van der Waals surface area contributed by atoms with Crippen LogP contribution in [0.4, 0.5) is 5.82 Å². The summed E-state index contributed by atoms with van der Waals surface area (Å²) in [5.74, 6) is 1.18. The Morgan fingerprint density at radius 3 is 2.52 bits per heavy atom. The number of carbonyl (C=O) groups excluding carboxylic acids is 1. The molecule has 1 fully saturated rings. The topological polar surface area (TPSA) is 59.0 Å². The molecule has 1 amide bonds. The number of aromatic nitrogens is 2. The van der Waals surface area contributed by atoms with E-state index in [9.17, 15) is 4.79 Å². The average molecular weight is 369 g/mol. The van der Waals surface area contributed by atoms with E-state index in [4.69, 9.17) is 0 Å². The fraction of sp³-hybridized carbons (Fsp3) is 0.545. The molecule has 1 aromatic carbocycles. The summed E-state index contributed by atoms with van der Waals surface area (Å²) in [5, 5.41) is 10.9. The minimum atomic E-state index is -0.0226. The SMILES string of the molecule is CCc1ccc([C@@H](NCC(=O)Nc2ccnn2C2CCCC2)C(C)C)cc1. The molecule has 2 N–H and O–H groups in total. The molecule has 5 nitrogen and oxygen atoms in total. The van der Waals surface area contributed by atoms with Crippen molar-refractivity contribution in [1.29, 1.82) is 0 Å². The second kappa shape index (κ2) is 9.18. The van der Waals surface area contributed by atoms with Crippen molar-refractivity contribution >= 4 is 11.7 Å². The highest BCUT2D eigenvalue weighted by Crippen LogP contribution is 2.31. The predicted molar refractivity (Wildman–Crippen MR) is 110 cm³/mol. The Bertz CT molecular complexity index is 729. The van der Waals surface area contributed by atoms with Crippen molar-refractivity contribution in [2.75, 3.05) is 11.9 Å². The lowest BCUT2D eigenvalue weighted by atomic mass is 9.95. The summed E-state index contributed by atoms with van der Waals surface area (Å²) in [6.45, 7) is 6.80. The number of hydrogen-bond donors (Lipinski definition) is 2. The maximum absolute atomic E-state index is 12.5. The van der Waals surface area contributed by atoms with E-state index in [2.05, 4.69) is 60.8 Å². The molecule has 1 aliphatic carbocycles. The van der Waals surface area contributed by atoms with E-state index < -0.39 is 0 Å². The molecule has 0 aliphatic heterocycles. The molecule has 27 heavy (non-hydrogen) atoms. The Labute approximate surface area is 162 Å². The third-order valence-electron chi connectivity index (χ3n) is 5.50. The highest BCUT2D eigenvalue weighted by Gasteiger charge is 2.21. The second-order valence-electron chi connectivity index (χ2n) is 7.85. The van der Waals surface area contributed by atoms with Crippen LogP contribution in [0.5, 0.6) is 0 Å². The summed E-state index contributed by atoms with van der Waals surface area (Å²) in [6, 6.07) is 11.1. The van der Waals surface area contributed by atoms with Crippen LogP contribution >= 0.6 is 0 Å². The molecule has 0 bridgehead atoms. The standard InChI is InChI=1S/C22H32N4O/c1-4-17-9-11-18(12-10-17)22(16(2)3)23-15-21(27)25-20-13-14-24-26(20)19-7-5-6-8-19/h9-14,16,19,22-23H,4-8,15H2,1-3H3,(H,25,27)/t22-/m0/s1. The van der Waals surface area contributed by atoms with Gasteiger partial charge in [-0.15, -0.1) is 0 Å². The molecule has 3 rings (SSSR count). The van der Waals surface area contributed by atoms with Crippen molar-refractivity contribution in [1.82, 2.24) is 15.1 Å². The molecule has 146 valence electrons. The third-order valence-corrected chi connectivity index (χ3v) is 5.50. The first-order valence-electron chi connectivity index (χ1n) is 10.2. The lowest BCUT2D eigenvalue weighted by Crippen LogP contribution is -2.34. The lowest BCUT2D eigenvalue weighted by molar-refractivity contribution is -0.115. The van der Waals surface area contributed by atoms with Crippen molar-refractivity contribution in [3.05, 3.63) is 47.7 Å². The van der Waals surface area contributed by atoms with Crippen LogP contribution in [0.25, 0.3) is 0 Å². The summed E-state index contributed by atoms with van der Waals surface area (Å²) in [6.07, 6.45) is 7.58. The number of anilines is 1. The number of rotatable bonds is 8. The van der Waals surface area contributed by atoms with Crippen LogP contribution in [0, 0.1) is 5.92 Å². The van der Waals surface area contributed by atoms with Crippen LogP contribution in [-0.2, 0) is 11.2 Å². The summed E-state index contributed by atoms with van der Waals surface area (Å²) in [4.78, 5) is 12.5. The molecule has 0 radical (unpaired) electrons. The number of nitrogens with one attached hydrogen (secondary N) is 2. The van der Waals surface area contributed by atoms with Crippen molar-refractivity contribution in [3.63, 3.8) is 0 Å². The first kappa shape index (κ1) is 19.6. The minimum absolute atomic E-state index is 0.0226. The van der Waals surface area contributed by atoms with Crippen molar-refractivity contribution in [2.45, 2.75) is 65.0 Å². The highest BCUT2D eigenvalue weighted by atomic mass is 16.2. The zero-order valence-electron chi connectivity index (χ0n) is 16.7. The van der Waals surface area contributed by atoms with Gasteiger partial charge in [0.2, 0.25) is 5.91 Å². The number of amides is 1. The van der Waals surface area contributed by atoms with Crippen molar-refractivity contribution in [2.24, 2.45) is 5.92 Å². The Kier molecular flexibility index (Phi) is 6.67. The third kappa shape index (κ3) is 4.98. The number of aryl methyl sites for hydroxylation is 1. The van der Waals surface area contributed by atoms with E-state index in [1.165, 1.54) is 24.0 Å². The molecule has 1 aliphatic rings. The van der Waals surface area contributed by atoms with Gasteiger partial charge in [0.25, 0.3) is 0 Å². The van der Waals surface area contributed by atoms with Crippen LogP contribution in [0.3, 0.4) is 0 Å². The van der Waals surface area contributed by atoms with Gasteiger partial charge < -0.3 is 10.6 Å². The van der Waals surface area contributed by atoms with E-state index in [1.54, 1.807) is 6.20 Å². The first-order chi connectivity index (χ1) is 13.1. The van der Waals surface area contributed by atoms with Crippen molar-refractivity contribution in [3.8, 4) is 0 Å². The Morgan fingerprint density at radius 1 is 1.19 bits per heavy atom. The average Bonchev–Trinajstić information content (AvgIpc) is 3.33. The van der Waals surface area contributed by atoms with E-state index in [1.807, 2.05) is 10.7 Å². The first-order valence-corrected chi connectivity index (χ1v) is 10.2.